The fourth-order valence-corrected chi connectivity index (χ4v) is 3.11. The van der Waals surface area contributed by atoms with Gasteiger partial charge in [-0.25, -0.2) is 0 Å². The highest BCUT2D eigenvalue weighted by Gasteiger charge is 2.12. The molecule has 0 unspecified atom stereocenters. The summed E-state index contributed by atoms with van der Waals surface area (Å²) >= 11 is 0. The van der Waals surface area contributed by atoms with E-state index in [-0.39, 0.29) is 5.91 Å². The van der Waals surface area contributed by atoms with Crippen LogP contribution in [0.5, 0.6) is 0 Å². The van der Waals surface area contributed by atoms with Crippen molar-refractivity contribution >= 4 is 33.4 Å². The van der Waals surface area contributed by atoms with Gasteiger partial charge in [0, 0.05) is 22.7 Å². The fraction of sp³-hybridized carbons (Fsp3) is 0.100. The number of pyridine rings is 1. The molecule has 4 heteroatoms. The lowest BCUT2D eigenvalue weighted by Gasteiger charge is -2.06. The Hall–Kier alpha value is -3.14. The summed E-state index contributed by atoms with van der Waals surface area (Å²) < 4.78 is 0. The standard InChI is InChI=1S/C20H17N3O/c1-12-8-13(2)10-16(9-12)22-20(24)17-11-15-6-5-14-4-3-7-21-18(14)19(15)23-17/h3-11,23H,1-2H3,(H,22,24). The second-order valence-electron chi connectivity index (χ2n) is 6.12. The number of aryl methyl sites for hydroxylation is 2. The Kier molecular flexibility index (Phi) is 3.31. The minimum Gasteiger partial charge on any atom is -0.349 e. The van der Waals surface area contributed by atoms with Crippen LogP contribution in [0, 0.1) is 13.8 Å². The summed E-state index contributed by atoms with van der Waals surface area (Å²) in [4.78, 5) is 20.2. The van der Waals surface area contributed by atoms with Crippen LogP contribution in [0.15, 0.2) is 54.7 Å². The first kappa shape index (κ1) is 14.5. The van der Waals surface area contributed by atoms with E-state index in [9.17, 15) is 4.79 Å². The van der Waals surface area contributed by atoms with Gasteiger partial charge >= 0.3 is 0 Å². The maximum atomic E-state index is 12.6. The number of carbonyl (C=O) groups excluding carboxylic acids is 1. The third-order valence-corrected chi connectivity index (χ3v) is 4.09. The summed E-state index contributed by atoms with van der Waals surface area (Å²) in [6, 6.07) is 15.8. The van der Waals surface area contributed by atoms with Crippen molar-refractivity contribution in [2.45, 2.75) is 13.8 Å². The summed E-state index contributed by atoms with van der Waals surface area (Å²) in [5.41, 5.74) is 5.34. The Morgan fingerprint density at radius 3 is 2.54 bits per heavy atom. The average Bonchev–Trinajstić information content (AvgIpc) is 2.98. The van der Waals surface area contributed by atoms with Crippen molar-refractivity contribution in [3.63, 3.8) is 0 Å². The van der Waals surface area contributed by atoms with Gasteiger partial charge in [0.1, 0.15) is 5.69 Å². The van der Waals surface area contributed by atoms with Gasteiger partial charge in [0.25, 0.3) is 5.91 Å². The summed E-state index contributed by atoms with van der Waals surface area (Å²) in [5.74, 6) is -0.153. The molecule has 118 valence electrons. The van der Waals surface area contributed by atoms with Crippen LogP contribution in [0.3, 0.4) is 0 Å². The third kappa shape index (κ3) is 2.52. The molecule has 4 rings (SSSR count). The van der Waals surface area contributed by atoms with Crippen molar-refractivity contribution in [1.82, 2.24) is 9.97 Å². The van der Waals surface area contributed by atoms with Crippen LogP contribution in [-0.4, -0.2) is 15.9 Å². The number of nitrogens with zero attached hydrogens (tertiary/aromatic N) is 1. The molecule has 4 aromatic rings. The topological polar surface area (TPSA) is 57.8 Å². The molecule has 0 atom stereocenters. The average molecular weight is 315 g/mol. The van der Waals surface area contributed by atoms with Gasteiger partial charge < -0.3 is 10.3 Å². The molecule has 2 heterocycles. The van der Waals surface area contributed by atoms with E-state index in [1.54, 1.807) is 6.20 Å². The number of nitrogens with one attached hydrogen (secondary N) is 2. The molecule has 2 aromatic heterocycles. The normalized spacial score (nSPS) is 11.1. The number of aromatic amines is 1. The van der Waals surface area contributed by atoms with E-state index in [4.69, 9.17) is 0 Å². The second-order valence-corrected chi connectivity index (χ2v) is 6.12. The van der Waals surface area contributed by atoms with Crippen molar-refractivity contribution in [2.24, 2.45) is 0 Å². The number of anilines is 1. The van der Waals surface area contributed by atoms with E-state index in [2.05, 4.69) is 21.4 Å². The number of aromatic nitrogens is 2. The molecular weight excluding hydrogens is 298 g/mol. The maximum absolute atomic E-state index is 12.6. The summed E-state index contributed by atoms with van der Waals surface area (Å²) in [5, 5.41) is 4.99. The minimum absolute atomic E-state index is 0.153. The lowest BCUT2D eigenvalue weighted by Crippen LogP contribution is -2.12. The summed E-state index contributed by atoms with van der Waals surface area (Å²) in [6.45, 7) is 4.03. The molecule has 4 nitrogen and oxygen atoms in total. The van der Waals surface area contributed by atoms with Crippen molar-refractivity contribution in [1.29, 1.82) is 0 Å². The Balaban J connectivity index is 1.73. The number of amides is 1. The van der Waals surface area contributed by atoms with Gasteiger partial charge in [0.2, 0.25) is 0 Å². The Morgan fingerprint density at radius 2 is 1.75 bits per heavy atom. The van der Waals surface area contributed by atoms with Gasteiger partial charge in [-0.15, -0.1) is 0 Å². The molecule has 0 saturated carbocycles. The van der Waals surface area contributed by atoms with E-state index in [1.165, 1.54) is 0 Å². The van der Waals surface area contributed by atoms with Crippen LogP contribution in [0.25, 0.3) is 21.8 Å². The van der Waals surface area contributed by atoms with Crippen molar-refractivity contribution in [2.75, 3.05) is 5.32 Å². The molecule has 0 radical (unpaired) electrons. The number of fused-ring (bicyclic) bond motifs is 3. The number of hydrogen-bond acceptors (Lipinski definition) is 2. The highest BCUT2D eigenvalue weighted by Crippen LogP contribution is 2.24. The monoisotopic (exact) mass is 315 g/mol. The number of hydrogen-bond donors (Lipinski definition) is 2. The first-order valence-electron chi connectivity index (χ1n) is 7.86. The van der Waals surface area contributed by atoms with Crippen LogP contribution < -0.4 is 5.32 Å². The fourth-order valence-electron chi connectivity index (χ4n) is 3.11. The smallest absolute Gasteiger partial charge is 0.272 e. The van der Waals surface area contributed by atoms with Gasteiger partial charge in [-0.3, -0.25) is 9.78 Å². The predicted octanol–water partition coefficient (Wildman–Crippen LogP) is 4.59. The third-order valence-electron chi connectivity index (χ3n) is 4.09. The number of benzene rings is 2. The van der Waals surface area contributed by atoms with E-state index >= 15 is 0 Å². The molecule has 0 spiro atoms. The SMILES string of the molecule is Cc1cc(C)cc(NC(=O)c2cc3ccc4cccnc4c3[nH]2)c1. The van der Waals surface area contributed by atoms with Crippen molar-refractivity contribution in [3.8, 4) is 0 Å². The van der Waals surface area contributed by atoms with Crippen LogP contribution in [0.1, 0.15) is 21.6 Å². The Morgan fingerprint density at radius 1 is 1.00 bits per heavy atom. The first-order valence-corrected chi connectivity index (χ1v) is 7.86. The van der Waals surface area contributed by atoms with Gasteiger partial charge in [-0.2, -0.15) is 0 Å². The molecule has 0 bridgehead atoms. The second kappa shape index (κ2) is 5.49. The zero-order valence-electron chi connectivity index (χ0n) is 13.6. The maximum Gasteiger partial charge on any atom is 0.272 e. The number of rotatable bonds is 2. The molecule has 0 aliphatic heterocycles. The van der Waals surface area contributed by atoms with Gasteiger partial charge in [0.15, 0.2) is 0 Å². The predicted molar refractivity (Wildman–Crippen MR) is 97.5 cm³/mol. The largest absolute Gasteiger partial charge is 0.349 e. The molecule has 2 N–H and O–H groups in total. The summed E-state index contributed by atoms with van der Waals surface area (Å²) in [6.07, 6.45) is 1.76. The number of H-pyrrole nitrogens is 1. The Bertz CT molecular complexity index is 1060. The number of carbonyl (C=O) groups is 1. The lowest BCUT2D eigenvalue weighted by atomic mass is 10.1. The van der Waals surface area contributed by atoms with Crippen molar-refractivity contribution in [3.05, 3.63) is 71.5 Å². The zero-order valence-corrected chi connectivity index (χ0v) is 13.6. The van der Waals surface area contributed by atoms with E-state index < -0.39 is 0 Å². The van der Waals surface area contributed by atoms with Crippen LogP contribution in [0.4, 0.5) is 5.69 Å². The van der Waals surface area contributed by atoms with E-state index in [0.29, 0.717) is 5.69 Å². The highest BCUT2D eigenvalue weighted by atomic mass is 16.1. The molecule has 24 heavy (non-hydrogen) atoms. The molecule has 0 aliphatic rings. The summed E-state index contributed by atoms with van der Waals surface area (Å²) in [7, 11) is 0. The van der Waals surface area contributed by atoms with Gasteiger partial charge in [-0.1, -0.05) is 24.3 Å². The van der Waals surface area contributed by atoms with E-state index in [1.807, 2.05) is 56.3 Å². The lowest BCUT2D eigenvalue weighted by molar-refractivity contribution is 0.102. The molecule has 2 aromatic carbocycles. The zero-order chi connectivity index (χ0) is 16.7. The molecular formula is C20H17N3O. The van der Waals surface area contributed by atoms with E-state index in [0.717, 1.165) is 38.6 Å². The Labute approximate surface area is 139 Å². The minimum atomic E-state index is -0.153. The van der Waals surface area contributed by atoms with Crippen LogP contribution >= 0.6 is 0 Å². The van der Waals surface area contributed by atoms with Crippen LogP contribution in [0.2, 0.25) is 0 Å². The van der Waals surface area contributed by atoms with Gasteiger partial charge in [-0.05, 0) is 49.2 Å². The highest BCUT2D eigenvalue weighted by molar-refractivity contribution is 6.10. The van der Waals surface area contributed by atoms with Crippen LogP contribution in [-0.2, 0) is 0 Å². The molecule has 1 amide bonds. The van der Waals surface area contributed by atoms with Crippen molar-refractivity contribution < 1.29 is 4.79 Å². The first-order chi connectivity index (χ1) is 11.6. The molecule has 0 aliphatic carbocycles. The molecule has 0 saturated heterocycles. The van der Waals surface area contributed by atoms with Gasteiger partial charge in [0.05, 0.1) is 11.0 Å². The quantitative estimate of drug-likeness (QED) is 0.568. The molecule has 0 fully saturated rings.